The van der Waals surface area contributed by atoms with Crippen LogP contribution in [0.4, 0.5) is 5.13 Å². The van der Waals surface area contributed by atoms with Crippen LogP contribution in [-0.4, -0.2) is 17.5 Å². The number of halogens is 1. The van der Waals surface area contributed by atoms with Crippen LogP contribution in [0, 0.1) is 13.8 Å². The van der Waals surface area contributed by atoms with Gasteiger partial charge in [0.05, 0.1) is 5.69 Å². The second-order valence-corrected chi connectivity index (χ2v) is 6.95. The van der Waals surface area contributed by atoms with E-state index in [0.717, 1.165) is 28.1 Å². The van der Waals surface area contributed by atoms with Crippen LogP contribution in [0.1, 0.15) is 11.1 Å². The number of carbonyl (C=O) groups is 1. The number of amides is 1. The van der Waals surface area contributed by atoms with E-state index in [4.69, 9.17) is 16.3 Å². The number of rotatable bonds is 5. The van der Waals surface area contributed by atoms with Gasteiger partial charge in [0.15, 0.2) is 11.7 Å². The first-order valence-electron chi connectivity index (χ1n) is 7.72. The van der Waals surface area contributed by atoms with E-state index in [1.54, 1.807) is 0 Å². The summed E-state index contributed by atoms with van der Waals surface area (Å²) in [5.74, 6) is 0.481. The smallest absolute Gasteiger partial charge is 0.264 e. The molecule has 25 heavy (non-hydrogen) atoms. The Hall–Kier alpha value is -2.37. The third kappa shape index (κ3) is 4.59. The van der Waals surface area contributed by atoms with Crippen molar-refractivity contribution in [1.29, 1.82) is 0 Å². The number of nitrogens with zero attached hydrogens (tertiary/aromatic N) is 1. The van der Waals surface area contributed by atoms with Crippen LogP contribution in [-0.2, 0) is 4.79 Å². The summed E-state index contributed by atoms with van der Waals surface area (Å²) in [5.41, 5.74) is 3.84. The second kappa shape index (κ2) is 7.68. The van der Waals surface area contributed by atoms with Crippen molar-refractivity contribution in [3.63, 3.8) is 0 Å². The molecular weight excluding hydrogens is 356 g/mol. The third-order valence-electron chi connectivity index (χ3n) is 3.59. The maximum absolute atomic E-state index is 12.1. The Balaban J connectivity index is 1.60. The summed E-state index contributed by atoms with van der Waals surface area (Å²) in [6.07, 6.45) is 0. The largest absolute Gasteiger partial charge is 0.483 e. The molecule has 1 aromatic heterocycles. The van der Waals surface area contributed by atoms with Crippen molar-refractivity contribution in [2.24, 2.45) is 0 Å². The Labute approximate surface area is 155 Å². The summed E-state index contributed by atoms with van der Waals surface area (Å²) in [5, 5.41) is 5.88. The molecule has 1 amide bonds. The summed E-state index contributed by atoms with van der Waals surface area (Å²) in [4.78, 5) is 16.5. The lowest BCUT2D eigenvalue weighted by atomic mass is 10.1. The topological polar surface area (TPSA) is 51.2 Å². The third-order valence-corrected chi connectivity index (χ3v) is 4.60. The molecule has 0 saturated heterocycles. The fraction of sp³-hybridized carbons (Fsp3) is 0.158. The molecule has 0 unspecified atom stereocenters. The zero-order valence-electron chi connectivity index (χ0n) is 13.9. The van der Waals surface area contributed by atoms with Crippen LogP contribution in [0.2, 0.25) is 5.02 Å². The van der Waals surface area contributed by atoms with Crippen molar-refractivity contribution in [2.75, 3.05) is 11.9 Å². The molecule has 0 radical (unpaired) electrons. The highest BCUT2D eigenvalue weighted by Crippen LogP contribution is 2.26. The molecule has 0 atom stereocenters. The van der Waals surface area contributed by atoms with Crippen molar-refractivity contribution in [3.05, 3.63) is 64.0 Å². The predicted molar refractivity (Wildman–Crippen MR) is 103 cm³/mol. The lowest BCUT2D eigenvalue weighted by Gasteiger charge is -2.09. The van der Waals surface area contributed by atoms with Crippen LogP contribution in [0.3, 0.4) is 0 Å². The van der Waals surface area contributed by atoms with Gasteiger partial charge in [-0.15, -0.1) is 11.3 Å². The monoisotopic (exact) mass is 372 g/mol. The minimum atomic E-state index is -0.238. The van der Waals surface area contributed by atoms with Gasteiger partial charge < -0.3 is 4.74 Å². The standard InChI is InChI=1S/C19H17ClN2O2S/c1-12-3-4-13(2)17(9-12)24-10-18(23)22-19-21-16(11-25-19)14-5-7-15(20)8-6-14/h3-9,11H,10H2,1-2H3,(H,21,22,23). The Kier molecular flexibility index (Phi) is 5.36. The summed E-state index contributed by atoms with van der Waals surface area (Å²) < 4.78 is 5.61. The summed E-state index contributed by atoms with van der Waals surface area (Å²) >= 11 is 7.26. The van der Waals surface area contributed by atoms with E-state index in [0.29, 0.717) is 10.2 Å². The van der Waals surface area contributed by atoms with Gasteiger partial charge in [-0.05, 0) is 43.2 Å². The molecule has 0 bridgehead atoms. The van der Waals surface area contributed by atoms with Gasteiger partial charge in [0.2, 0.25) is 0 Å². The molecule has 6 heteroatoms. The maximum Gasteiger partial charge on any atom is 0.264 e. The lowest BCUT2D eigenvalue weighted by molar-refractivity contribution is -0.118. The van der Waals surface area contributed by atoms with Crippen LogP contribution >= 0.6 is 22.9 Å². The van der Waals surface area contributed by atoms with E-state index in [9.17, 15) is 4.79 Å². The highest BCUT2D eigenvalue weighted by atomic mass is 35.5. The molecule has 0 saturated carbocycles. The zero-order chi connectivity index (χ0) is 17.8. The Bertz CT molecular complexity index is 891. The summed E-state index contributed by atoms with van der Waals surface area (Å²) in [7, 11) is 0. The van der Waals surface area contributed by atoms with E-state index in [-0.39, 0.29) is 12.5 Å². The molecule has 128 valence electrons. The highest BCUT2D eigenvalue weighted by Gasteiger charge is 2.10. The quantitative estimate of drug-likeness (QED) is 0.678. The fourth-order valence-electron chi connectivity index (χ4n) is 2.25. The van der Waals surface area contributed by atoms with Crippen molar-refractivity contribution < 1.29 is 9.53 Å². The highest BCUT2D eigenvalue weighted by molar-refractivity contribution is 7.14. The summed E-state index contributed by atoms with van der Waals surface area (Å²) in [6, 6.07) is 13.3. The van der Waals surface area contributed by atoms with Crippen LogP contribution in [0.25, 0.3) is 11.3 Å². The first-order chi connectivity index (χ1) is 12.0. The van der Waals surface area contributed by atoms with Crippen molar-refractivity contribution in [3.8, 4) is 17.0 Å². The van der Waals surface area contributed by atoms with Crippen molar-refractivity contribution in [2.45, 2.75) is 13.8 Å². The number of thiazole rings is 1. The van der Waals surface area contributed by atoms with Gasteiger partial charge in [-0.25, -0.2) is 4.98 Å². The van der Waals surface area contributed by atoms with Crippen LogP contribution < -0.4 is 10.1 Å². The molecule has 4 nitrogen and oxygen atoms in total. The van der Waals surface area contributed by atoms with E-state index in [2.05, 4.69) is 10.3 Å². The van der Waals surface area contributed by atoms with E-state index in [1.807, 2.05) is 61.7 Å². The van der Waals surface area contributed by atoms with Gasteiger partial charge in [0, 0.05) is 16.0 Å². The molecule has 1 heterocycles. The SMILES string of the molecule is Cc1ccc(C)c(OCC(=O)Nc2nc(-c3ccc(Cl)cc3)cs2)c1. The Morgan fingerprint density at radius 2 is 1.96 bits per heavy atom. The minimum absolute atomic E-state index is 0.0554. The van der Waals surface area contributed by atoms with Gasteiger partial charge in [-0.1, -0.05) is 35.9 Å². The molecule has 0 aliphatic rings. The maximum atomic E-state index is 12.1. The Morgan fingerprint density at radius 1 is 1.20 bits per heavy atom. The molecule has 0 fully saturated rings. The predicted octanol–water partition coefficient (Wildman–Crippen LogP) is 5.10. The van der Waals surface area contributed by atoms with Gasteiger partial charge in [0.25, 0.3) is 5.91 Å². The average Bonchev–Trinajstić information content (AvgIpc) is 3.05. The minimum Gasteiger partial charge on any atom is -0.483 e. The number of hydrogen-bond donors (Lipinski definition) is 1. The summed E-state index contributed by atoms with van der Waals surface area (Å²) in [6.45, 7) is 3.88. The number of ether oxygens (including phenoxy) is 1. The first kappa shape index (κ1) is 17.5. The number of hydrogen-bond acceptors (Lipinski definition) is 4. The first-order valence-corrected chi connectivity index (χ1v) is 8.98. The number of nitrogens with one attached hydrogen (secondary N) is 1. The van der Waals surface area contributed by atoms with Gasteiger partial charge >= 0.3 is 0 Å². The molecule has 0 aliphatic heterocycles. The van der Waals surface area contributed by atoms with Gasteiger partial charge in [0.1, 0.15) is 5.75 Å². The number of benzene rings is 2. The zero-order valence-corrected chi connectivity index (χ0v) is 15.4. The number of aryl methyl sites for hydroxylation is 2. The van der Waals surface area contributed by atoms with Gasteiger partial charge in [-0.2, -0.15) is 0 Å². The van der Waals surface area contributed by atoms with Gasteiger partial charge in [-0.3, -0.25) is 10.1 Å². The van der Waals surface area contributed by atoms with Crippen LogP contribution in [0.15, 0.2) is 47.8 Å². The van der Waals surface area contributed by atoms with Crippen LogP contribution in [0.5, 0.6) is 5.75 Å². The number of anilines is 1. The molecule has 3 aromatic rings. The average molecular weight is 373 g/mol. The second-order valence-electron chi connectivity index (χ2n) is 5.65. The fourth-order valence-corrected chi connectivity index (χ4v) is 3.11. The van der Waals surface area contributed by atoms with E-state index in [1.165, 1.54) is 11.3 Å². The van der Waals surface area contributed by atoms with E-state index < -0.39 is 0 Å². The molecule has 1 N–H and O–H groups in total. The molecule has 0 spiro atoms. The van der Waals surface area contributed by atoms with Crippen molar-refractivity contribution >= 4 is 34.0 Å². The van der Waals surface area contributed by atoms with E-state index >= 15 is 0 Å². The molecular formula is C19H17ClN2O2S. The number of aromatic nitrogens is 1. The van der Waals surface area contributed by atoms with Crippen molar-refractivity contribution in [1.82, 2.24) is 4.98 Å². The molecule has 0 aliphatic carbocycles. The Morgan fingerprint density at radius 3 is 2.72 bits per heavy atom. The molecule has 3 rings (SSSR count). The lowest BCUT2D eigenvalue weighted by Crippen LogP contribution is -2.20. The molecule has 2 aromatic carbocycles. The number of carbonyl (C=O) groups excluding carboxylic acids is 1. The normalized spacial score (nSPS) is 10.5.